The summed E-state index contributed by atoms with van der Waals surface area (Å²) in [5.74, 6) is -0.833. The van der Waals surface area contributed by atoms with Gasteiger partial charge in [-0.25, -0.2) is 8.42 Å². The van der Waals surface area contributed by atoms with Crippen molar-refractivity contribution in [2.75, 3.05) is 17.4 Å². The lowest BCUT2D eigenvalue weighted by Crippen LogP contribution is -2.53. The van der Waals surface area contributed by atoms with E-state index in [0.717, 1.165) is 31.9 Å². The van der Waals surface area contributed by atoms with Crippen molar-refractivity contribution in [3.05, 3.63) is 129 Å². The van der Waals surface area contributed by atoms with E-state index in [4.69, 9.17) is 11.6 Å². The fourth-order valence-electron chi connectivity index (χ4n) is 4.68. The van der Waals surface area contributed by atoms with Crippen molar-refractivity contribution in [3.63, 3.8) is 0 Å². The van der Waals surface area contributed by atoms with E-state index in [0.29, 0.717) is 17.3 Å². The summed E-state index contributed by atoms with van der Waals surface area (Å²) in [5.41, 5.74) is 2.85. The predicted molar refractivity (Wildman–Crippen MR) is 179 cm³/mol. The van der Waals surface area contributed by atoms with Crippen LogP contribution in [-0.4, -0.2) is 44.3 Å². The number of amides is 2. The van der Waals surface area contributed by atoms with Gasteiger partial charge in [-0.2, -0.15) is 0 Å². The average Bonchev–Trinajstić information content (AvgIpc) is 3.02. The average molecular weight is 697 g/mol. The van der Waals surface area contributed by atoms with Crippen LogP contribution in [-0.2, 0) is 32.6 Å². The third-order valence-electron chi connectivity index (χ3n) is 7.09. The minimum absolute atomic E-state index is 0.0598. The third-order valence-corrected chi connectivity index (χ3v) is 9.66. The minimum atomic E-state index is -4.16. The van der Waals surface area contributed by atoms with Gasteiger partial charge in [0.25, 0.3) is 10.0 Å². The molecule has 1 atom stereocenters. The number of halogens is 2. The first-order chi connectivity index (χ1) is 21.1. The molecular formula is C34H35BrClN3O4S. The lowest BCUT2D eigenvalue weighted by Gasteiger charge is -2.34. The van der Waals surface area contributed by atoms with Gasteiger partial charge < -0.3 is 10.2 Å². The molecule has 0 aromatic heterocycles. The maximum absolute atomic E-state index is 14.4. The Bertz CT molecular complexity index is 1650. The van der Waals surface area contributed by atoms with E-state index in [1.807, 2.05) is 44.2 Å². The number of nitrogens with one attached hydrogen (secondary N) is 1. The number of benzene rings is 4. The van der Waals surface area contributed by atoms with Crippen LogP contribution in [0.4, 0.5) is 5.69 Å². The first kappa shape index (κ1) is 33.2. The van der Waals surface area contributed by atoms with Gasteiger partial charge in [0.15, 0.2) is 0 Å². The van der Waals surface area contributed by atoms with Crippen molar-refractivity contribution in [3.8, 4) is 0 Å². The zero-order valence-corrected chi connectivity index (χ0v) is 27.8. The second-order valence-electron chi connectivity index (χ2n) is 10.4. The number of sulfonamides is 1. The quantitative estimate of drug-likeness (QED) is 0.167. The molecule has 0 fully saturated rings. The number of hydrogen-bond donors (Lipinski definition) is 1. The Balaban J connectivity index is 1.78. The Kier molecular flexibility index (Phi) is 11.6. The Morgan fingerprint density at radius 2 is 1.50 bits per heavy atom. The summed E-state index contributed by atoms with van der Waals surface area (Å²) in [7, 11) is -4.16. The molecule has 7 nitrogen and oxygen atoms in total. The van der Waals surface area contributed by atoms with Crippen LogP contribution in [0.5, 0.6) is 0 Å². The molecule has 0 aliphatic heterocycles. The monoisotopic (exact) mass is 695 g/mol. The summed E-state index contributed by atoms with van der Waals surface area (Å²) in [4.78, 5) is 29.6. The number of nitrogens with zero attached hydrogens (tertiary/aromatic N) is 2. The van der Waals surface area contributed by atoms with Crippen LogP contribution in [0, 0.1) is 6.92 Å². The highest BCUT2D eigenvalue weighted by atomic mass is 79.9. The van der Waals surface area contributed by atoms with Gasteiger partial charge in [-0.3, -0.25) is 13.9 Å². The van der Waals surface area contributed by atoms with Crippen LogP contribution in [0.2, 0.25) is 5.02 Å². The standard InChI is InChI=1S/C34H35BrClN3O4S/c1-3-21-37-34(41)32(22-26-7-5-4-6-8-26)38(23-27-11-15-29(36)16-12-27)33(40)24-39(30-17-13-28(35)14-18-30)44(42,43)31-19-9-25(2)10-20-31/h4-20,32H,3,21-24H2,1-2H3,(H,37,41)/t32-/m1/s1. The highest BCUT2D eigenvalue weighted by Crippen LogP contribution is 2.27. The first-order valence-corrected chi connectivity index (χ1v) is 16.9. The topological polar surface area (TPSA) is 86.8 Å². The summed E-state index contributed by atoms with van der Waals surface area (Å²) in [6, 6.07) is 28.8. The van der Waals surface area contributed by atoms with Crippen LogP contribution < -0.4 is 9.62 Å². The normalized spacial score (nSPS) is 11.9. The Labute approximate surface area is 273 Å². The Hall–Kier alpha value is -3.66. The second kappa shape index (κ2) is 15.4. The number of carbonyl (C=O) groups is 2. The molecule has 2 amide bonds. The molecule has 0 aliphatic rings. The maximum Gasteiger partial charge on any atom is 0.264 e. The first-order valence-electron chi connectivity index (χ1n) is 14.3. The zero-order valence-electron chi connectivity index (χ0n) is 24.6. The molecule has 0 spiro atoms. The molecule has 230 valence electrons. The summed E-state index contributed by atoms with van der Waals surface area (Å²) in [6.07, 6.45) is 0.972. The molecule has 4 aromatic rings. The van der Waals surface area contributed by atoms with Gasteiger partial charge in [0, 0.05) is 29.0 Å². The SMILES string of the molecule is CCCNC(=O)[C@@H](Cc1ccccc1)N(Cc1ccc(Cl)cc1)C(=O)CN(c1ccc(Br)cc1)S(=O)(=O)c1ccc(C)cc1. The Morgan fingerprint density at radius 1 is 0.864 bits per heavy atom. The number of anilines is 1. The summed E-state index contributed by atoms with van der Waals surface area (Å²) in [6.45, 7) is 3.83. The van der Waals surface area contributed by atoms with E-state index in [1.165, 1.54) is 17.0 Å². The summed E-state index contributed by atoms with van der Waals surface area (Å²) in [5, 5.41) is 3.49. The fourth-order valence-corrected chi connectivity index (χ4v) is 6.48. The van der Waals surface area contributed by atoms with Crippen molar-refractivity contribution >= 4 is 55.1 Å². The molecule has 4 aromatic carbocycles. The van der Waals surface area contributed by atoms with E-state index in [1.54, 1.807) is 60.7 Å². The van der Waals surface area contributed by atoms with E-state index < -0.39 is 28.5 Å². The van der Waals surface area contributed by atoms with E-state index in [9.17, 15) is 18.0 Å². The van der Waals surface area contributed by atoms with Crippen molar-refractivity contribution < 1.29 is 18.0 Å². The third kappa shape index (κ3) is 8.71. The van der Waals surface area contributed by atoms with Crippen molar-refractivity contribution in [2.24, 2.45) is 0 Å². The molecule has 1 N–H and O–H groups in total. The van der Waals surface area contributed by atoms with Gasteiger partial charge >= 0.3 is 0 Å². The van der Waals surface area contributed by atoms with E-state index in [-0.39, 0.29) is 23.8 Å². The molecule has 0 saturated heterocycles. The fraction of sp³-hybridized carbons (Fsp3) is 0.235. The molecule has 44 heavy (non-hydrogen) atoms. The lowest BCUT2D eigenvalue weighted by atomic mass is 10.0. The molecule has 0 radical (unpaired) electrons. The van der Waals surface area contributed by atoms with E-state index in [2.05, 4.69) is 21.2 Å². The van der Waals surface area contributed by atoms with E-state index >= 15 is 0 Å². The highest BCUT2D eigenvalue weighted by molar-refractivity contribution is 9.10. The minimum Gasteiger partial charge on any atom is -0.354 e. The largest absolute Gasteiger partial charge is 0.354 e. The van der Waals surface area contributed by atoms with Crippen molar-refractivity contribution in [2.45, 2.75) is 44.2 Å². The second-order valence-corrected chi connectivity index (χ2v) is 13.7. The predicted octanol–water partition coefficient (Wildman–Crippen LogP) is 6.77. The lowest BCUT2D eigenvalue weighted by molar-refractivity contribution is -0.140. The molecule has 0 unspecified atom stereocenters. The van der Waals surface area contributed by atoms with Gasteiger partial charge in [0.1, 0.15) is 12.6 Å². The molecular weight excluding hydrogens is 662 g/mol. The zero-order chi connectivity index (χ0) is 31.7. The van der Waals surface area contributed by atoms with Crippen LogP contribution in [0.3, 0.4) is 0 Å². The molecule has 4 rings (SSSR count). The number of aryl methyl sites for hydroxylation is 1. The van der Waals surface area contributed by atoms with Gasteiger partial charge in [0.05, 0.1) is 10.6 Å². The van der Waals surface area contributed by atoms with Gasteiger partial charge in [-0.15, -0.1) is 0 Å². The number of rotatable bonds is 13. The van der Waals surface area contributed by atoms with Crippen molar-refractivity contribution in [1.82, 2.24) is 10.2 Å². The van der Waals surface area contributed by atoms with Crippen LogP contribution >= 0.6 is 27.5 Å². The molecule has 0 saturated carbocycles. The smallest absolute Gasteiger partial charge is 0.264 e. The van der Waals surface area contributed by atoms with Gasteiger partial charge in [-0.05, 0) is 73.0 Å². The summed E-state index contributed by atoms with van der Waals surface area (Å²) < 4.78 is 30.0. The van der Waals surface area contributed by atoms with Crippen LogP contribution in [0.25, 0.3) is 0 Å². The van der Waals surface area contributed by atoms with Crippen LogP contribution in [0.15, 0.2) is 112 Å². The van der Waals surface area contributed by atoms with Crippen LogP contribution in [0.1, 0.15) is 30.0 Å². The van der Waals surface area contributed by atoms with Gasteiger partial charge in [0.2, 0.25) is 11.8 Å². The van der Waals surface area contributed by atoms with Crippen molar-refractivity contribution in [1.29, 1.82) is 0 Å². The molecule has 0 heterocycles. The van der Waals surface area contributed by atoms with Gasteiger partial charge in [-0.1, -0.05) is 94.6 Å². The molecule has 10 heteroatoms. The maximum atomic E-state index is 14.4. The Morgan fingerprint density at radius 3 is 2.11 bits per heavy atom. The molecule has 0 aliphatic carbocycles. The molecule has 0 bridgehead atoms. The highest BCUT2D eigenvalue weighted by Gasteiger charge is 2.34. The number of carbonyl (C=O) groups excluding carboxylic acids is 2. The summed E-state index contributed by atoms with van der Waals surface area (Å²) >= 11 is 9.54. The number of hydrogen-bond acceptors (Lipinski definition) is 4.